The third kappa shape index (κ3) is 3.43. The molecular formula is C15H17NO4S2. The summed E-state index contributed by atoms with van der Waals surface area (Å²) < 4.78 is 11.1. The van der Waals surface area contributed by atoms with Crippen LogP contribution >= 0.6 is 24.0 Å². The van der Waals surface area contributed by atoms with Crippen molar-refractivity contribution >= 4 is 40.3 Å². The van der Waals surface area contributed by atoms with Crippen molar-refractivity contribution in [3.05, 3.63) is 28.7 Å². The highest BCUT2D eigenvalue weighted by Crippen LogP contribution is 2.37. The molecule has 0 radical (unpaired) electrons. The molecule has 0 aliphatic carbocycles. The largest absolute Gasteiger partial charge is 0.493 e. The fourth-order valence-corrected chi connectivity index (χ4v) is 3.39. The molecule has 1 N–H and O–H groups in total. The summed E-state index contributed by atoms with van der Waals surface area (Å²) in [5.74, 6) is 1.03. The predicted octanol–water partition coefficient (Wildman–Crippen LogP) is 2.29. The molecule has 0 bridgehead atoms. The van der Waals surface area contributed by atoms with Crippen LogP contribution in [0.1, 0.15) is 12.0 Å². The van der Waals surface area contributed by atoms with Gasteiger partial charge in [-0.1, -0.05) is 36.1 Å². The van der Waals surface area contributed by atoms with Gasteiger partial charge in [-0.3, -0.25) is 9.69 Å². The van der Waals surface area contributed by atoms with Gasteiger partial charge in [0.15, 0.2) is 11.5 Å². The number of thiocarbonyl (C=S) groups is 1. The second-order valence-corrected chi connectivity index (χ2v) is 6.17. The minimum absolute atomic E-state index is 0.0276. The van der Waals surface area contributed by atoms with E-state index in [1.54, 1.807) is 26.4 Å². The molecule has 22 heavy (non-hydrogen) atoms. The van der Waals surface area contributed by atoms with Crippen molar-refractivity contribution < 1.29 is 19.4 Å². The van der Waals surface area contributed by atoms with E-state index < -0.39 is 0 Å². The smallest absolute Gasteiger partial charge is 0.266 e. The van der Waals surface area contributed by atoms with Crippen molar-refractivity contribution in [3.63, 3.8) is 0 Å². The molecule has 1 aromatic carbocycles. The molecule has 1 fully saturated rings. The highest BCUT2D eigenvalue weighted by Gasteiger charge is 2.31. The van der Waals surface area contributed by atoms with Crippen LogP contribution in [0, 0.1) is 0 Å². The molecule has 1 saturated heterocycles. The lowest BCUT2D eigenvalue weighted by molar-refractivity contribution is -0.122. The number of para-hydroxylation sites is 1. The van der Waals surface area contributed by atoms with Gasteiger partial charge >= 0.3 is 0 Å². The van der Waals surface area contributed by atoms with Gasteiger partial charge in [0.2, 0.25) is 0 Å². The molecule has 0 atom stereocenters. The van der Waals surface area contributed by atoms with Crippen molar-refractivity contribution in [2.24, 2.45) is 0 Å². The van der Waals surface area contributed by atoms with Crippen LogP contribution in [-0.4, -0.2) is 47.6 Å². The van der Waals surface area contributed by atoms with E-state index in [4.69, 9.17) is 26.8 Å². The molecule has 1 heterocycles. The minimum atomic E-state index is -0.145. The Balaban J connectivity index is 2.31. The number of aliphatic hydroxyl groups excluding tert-OH is 1. The zero-order chi connectivity index (χ0) is 16.1. The van der Waals surface area contributed by atoms with Crippen molar-refractivity contribution in [1.29, 1.82) is 0 Å². The molecule has 118 valence electrons. The number of hydrogen-bond acceptors (Lipinski definition) is 6. The van der Waals surface area contributed by atoms with Crippen molar-refractivity contribution in [2.45, 2.75) is 6.42 Å². The first-order valence-corrected chi connectivity index (χ1v) is 7.92. The number of methoxy groups -OCH3 is 2. The number of aliphatic hydroxyl groups is 1. The molecule has 0 unspecified atom stereocenters. The monoisotopic (exact) mass is 339 g/mol. The first-order valence-electron chi connectivity index (χ1n) is 6.69. The molecule has 1 amide bonds. The number of amides is 1. The number of nitrogens with zero attached hydrogens (tertiary/aromatic N) is 1. The normalized spacial score (nSPS) is 16.5. The average Bonchev–Trinajstić information content (AvgIpc) is 2.79. The van der Waals surface area contributed by atoms with Gasteiger partial charge in [0.1, 0.15) is 4.32 Å². The maximum atomic E-state index is 12.4. The van der Waals surface area contributed by atoms with Gasteiger partial charge in [0.25, 0.3) is 5.91 Å². The molecule has 5 nitrogen and oxygen atoms in total. The molecule has 2 rings (SSSR count). The number of benzene rings is 1. The van der Waals surface area contributed by atoms with Crippen molar-refractivity contribution in [3.8, 4) is 11.5 Å². The molecular weight excluding hydrogens is 322 g/mol. The van der Waals surface area contributed by atoms with Gasteiger partial charge in [-0.2, -0.15) is 0 Å². The predicted molar refractivity (Wildman–Crippen MR) is 91.1 cm³/mol. The number of ether oxygens (including phenoxy) is 2. The molecule has 1 aliphatic rings. The van der Waals surface area contributed by atoms with Crippen LogP contribution in [0.25, 0.3) is 6.08 Å². The molecule has 0 saturated carbocycles. The highest BCUT2D eigenvalue weighted by atomic mass is 32.2. The first-order chi connectivity index (χ1) is 10.6. The Hall–Kier alpha value is -1.57. The summed E-state index contributed by atoms with van der Waals surface area (Å²) in [5, 5.41) is 8.89. The summed E-state index contributed by atoms with van der Waals surface area (Å²) >= 11 is 6.47. The quantitative estimate of drug-likeness (QED) is 0.634. The van der Waals surface area contributed by atoms with Gasteiger partial charge in [0, 0.05) is 18.7 Å². The van der Waals surface area contributed by atoms with E-state index in [1.807, 2.05) is 12.1 Å². The van der Waals surface area contributed by atoms with E-state index in [9.17, 15) is 4.79 Å². The number of rotatable bonds is 6. The minimum Gasteiger partial charge on any atom is -0.493 e. The van der Waals surface area contributed by atoms with Crippen LogP contribution in [0.3, 0.4) is 0 Å². The van der Waals surface area contributed by atoms with Gasteiger partial charge in [0.05, 0.1) is 19.1 Å². The Bertz CT molecular complexity index is 616. The summed E-state index contributed by atoms with van der Waals surface area (Å²) in [6.45, 7) is 0.452. The second-order valence-electron chi connectivity index (χ2n) is 4.49. The maximum Gasteiger partial charge on any atom is 0.266 e. The van der Waals surface area contributed by atoms with E-state index in [1.165, 1.54) is 16.7 Å². The molecule has 7 heteroatoms. The van der Waals surface area contributed by atoms with Crippen molar-refractivity contribution in [1.82, 2.24) is 4.90 Å². The number of carbonyl (C=O) groups is 1. The lowest BCUT2D eigenvalue weighted by Gasteiger charge is -2.13. The zero-order valence-corrected chi connectivity index (χ0v) is 14.0. The summed E-state index contributed by atoms with van der Waals surface area (Å²) in [6, 6.07) is 5.48. The van der Waals surface area contributed by atoms with Crippen LogP contribution in [0.5, 0.6) is 11.5 Å². The van der Waals surface area contributed by atoms with Crippen LogP contribution in [0.4, 0.5) is 0 Å². The van der Waals surface area contributed by atoms with Crippen LogP contribution in [0.2, 0.25) is 0 Å². The lowest BCUT2D eigenvalue weighted by Crippen LogP contribution is -2.29. The molecule has 0 spiro atoms. The summed E-state index contributed by atoms with van der Waals surface area (Å²) in [6.07, 6.45) is 2.25. The van der Waals surface area contributed by atoms with E-state index in [0.29, 0.717) is 33.7 Å². The van der Waals surface area contributed by atoms with Gasteiger partial charge in [-0.25, -0.2) is 0 Å². The molecule has 0 aromatic heterocycles. The molecule has 1 aromatic rings. The fraction of sp³-hybridized carbons (Fsp3) is 0.333. The van der Waals surface area contributed by atoms with E-state index in [-0.39, 0.29) is 12.5 Å². The summed E-state index contributed by atoms with van der Waals surface area (Å²) in [5.41, 5.74) is 0.754. The molecule has 1 aliphatic heterocycles. The first kappa shape index (κ1) is 16.8. The summed E-state index contributed by atoms with van der Waals surface area (Å²) in [4.78, 5) is 14.4. The standard InChI is InChI=1S/C15H17NO4S2/c1-19-11-6-3-5-10(13(11)20-2)9-12-14(18)16(7-4-8-17)15(21)22-12/h3,5-6,9,17H,4,7-8H2,1-2H3/b12-9-. The number of hydrogen-bond donors (Lipinski definition) is 1. The maximum absolute atomic E-state index is 12.4. The Morgan fingerprint density at radius 2 is 2.14 bits per heavy atom. The SMILES string of the molecule is COc1cccc(/C=C2\SC(=S)N(CCCO)C2=O)c1OC. The highest BCUT2D eigenvalue weighted by molar-refractivity contribution is 8.26. The van der Waals surface area contributed by atoms with E-state index in [0.717, 1.165) is 5.56 Å². The third-order valence-corrected chi connectivity index (χ3v) is 4.51. The van der Waals surface area contributed by atoms with Gasteiger partial charge < -0.3 is 14.6 Å². The lowest BCUT2D eigenvalue weighted by atomic mass is 10.1. The fourth-order valence-electron chi connectivity index (χ4n) is 2.09. The zero-order valence-electron chi connectivity index (χ0n) is 12.4. The number of carbonyl (C=O) groups excluding carboxylic acids is 1. The van der Waals surface area contributed by atoms with Crippen LogP contribution in [-0.2, 0) is 4.79 Å². The van der Waals surface area contributed by atoms with E-state index >= 15 is 0 Å². The Kier molecular flexibility index (Phi) is 5.82. The van der Waals surface area contributed by atoms with Crippen LogP contribution < -0.4 is 9.47 Å². The topological polar surface area (TPSA) is 59.0 Å². The Labute approximate surface area is 138 Å². The summed E-state index contributed by atoms with van der Waals surface area (Å²) in [7, 11) is 3.12. The second kappa shape index (κ2) is 7.62. The van der Waals surface area contributed by atoms with Crippen LogP contribution in [0.15, 0.2) is 23.1 Å². The Morgan fingerprint density at radius 3 is 2.77 bits per heavy atom. The average molecular weight is 339 g/mol. The van der Waals surface area contributed by atoms with Gasteiger partial charge in [-0.05, 0) is 18.6 Å². The van der Waals surface area contributed by atoms with Crippen molar-refractivity contribution in [2.75, 3.05) is 27.4 Å². The van der Waals surface area contributed by atoms with Gasteiger partial charge in [-0.15, -0.1) is 0 Å². The number of thioether (sulfide) groups is 1. The third-order valence-electron chi connectivity index (χ3n) is 3.13. The Morgan fingerprint density at radius 1 is 1.36 bits per heavy atom. The van der Waals surface area contributed by atoms with E-state index in [2.05, 4.69) is 0 Å².